The van der Waals surface area contributed by atoms with Crippen LogP contribution in [-0.2, 0) is 4.74 Å². The molecule has 1 N–H and O–H groups in total. The summed E-state index contributed by atoms with van der Waals surface area (Å²) in [5.41, 5.74) is 1.12. The molecule has 18 heavy (non-hydrogen) atoms. The Bertz CT molecular complexity index is 591. The summed E-state index contributed by atoms with van der Waals surface area (Å²) in [4.78, 5) is 7.21. The molecular weight excluding hydrogens is 232 g/mol. The highest BCUT2D eigenvalue weighted by Crippen LogP contribution is 2.42. The van der Waals surface area contributed by atoms with Crippen molar-refractivity contribution in [1.82, 2.24) is 15.1 Å². The number of hydrogen-bond donors (Lipinski definition) is 1. The lowest BCUT2D eigenvalue weighted by Gasteiger charge is -2.07. The molecule has 0 radical (unpaired) electrons. The van der Waals surface area contributed by atoms with E-state index < -0.39 is 0 Å². The zero-order valence-electron chi connectivity index (χ0n) is 9.88. The molecule has 0 aromatic carbocycles. The minimum Gasteiger partial charge on any atom is -0.373 e. The molecule has 0 aliphatic heterocycles. The van der Waals surface area contributed by atoms with Crippen LogP contribution in [0, 0.1) is 17.2 Å². The highest BCUT2D eigenvalue weighted by Gasteiger charge is 2.35. The van der Waals surface area contributed by atoms with Crippen molar-refractivity contribution in [3.05, 3.63) is 23.7 Å². The number of nitriles is 1. The zero-order valence-corrected chi connectivity index (χ0v) is 9.88. The fraction of sp³-hybridized carbons (Fsp3) is 0.417. The maximum atomic E-state index is 8.74. The Hall–Kier alpha value is -2.13. The lowest BCUT2D eigenvalue weighted by molar-refractivity contribution is 0.0751. The fourth-order valence-electron chi connectivity index (χ4n) is 1.95. The smallest absolute Gasteiger partial charge is 0.274 e. The number of ether oxygens (including phenoxy) is 1. The number of hydrogen-bond acceptors (Lipinski definition) is 5. The van der Waals surface area contributed by atoms with Crippen LogP contribution >= 0.6 is 0 Å². The summed E-state index contributed by atoms with van der Waals surface area (Å²) < 4.78 is 10.6. The van der Waals surface area contributed by atoms with Crippen molar-refractivity contribution < 1.29 is 9.26 Å². The summed E-state index contributed by atoms with van der Waals surface area (Å²) in [6, 6.07) is 5.44. The van der Waals surface area contributed by atoms with Crippen molar-refractivity contribution in [2.24, 2.45) is 5.92 Å². The highest BCUT2D eigenvalue weighted by atomic mass is 16.5. The van der Waals surface area contributed by atoms with Gasteiger partial charge >= 0.3 is 0 Å². The molecule has 3 rings (SSSR count). The van der Waals surface area contributed by atoms with Crippen LogP contribution in [0.25, 0.3) is 11.6 Å². The number of aromatic nitrogens is 3. The predicted octanol–water partition coefficient (Wildman–Crippen LogP) is 2.03. The number of aromatic amines is 1. The predicted molar refractivity (Wildman–Crippen MR) is 61.3 cm³/mol. The first-order chi connectivity index (χ1) is 8.81. The van der Waals surface area contributed by atoms with Crippen LogP contribution in [0.4, 0.5) is 0 Å². The second-order valence-corrected chi connectivity index (χ2v) is 4.35. The number of nitrogens with zero attached hydrogens (tertiary/aromatic N) is 3. The van der Waals surface area contributed by atoms with Crippen LogP contribution in [0.5, 0.6) is 0 Å². The number of H-pyrrole nitrogens is 1. The van der Waals surface area contributed by atoms with E-state index >= 15 is 0 Å². The van der Waals surface area contributed by atoms with Gasteiger partial charge in [-0.1, -0.05) is 5.16 Å². The molecule has 6 nitrogen and oxygen atoms in total. The van der Waals surface area contributed by atoms with E-state index in [9.17, 15) is 0 Å². The first kappa shape index (κ1) is 11.0. The SMILES string of the molecule is COC(c1noc(-c2ccc(C#N)[nH]2)n1)C1CC1. The maximum Gasteiger partial charge on any atom is 0.274 e. The van der Waals surface area contributed by atoms with E-state index in [1.807, 2.05) is 6.07 Å². The topological polar surface area (TPSA) is 87.7 Å². The summed E-state index contributed by atoms with van der Waals surface area (Å²) in [5, 5.41) is 12.7. The van der Waals surface area contributed by atoms with Crippen molar-refractivity contribution in [3.8, 4) is 17.7 Å². The lowest BCUT2D eigenvalue weighted by atomic mass is 10.2. The average Bonchev–Trinajstić information content (AvgIpc) is 2.94. The first-order valence-corrected chi connectivity index (χ1v) is 5.77. The molecular formula is C12H12N4O2. The molecule has 1 aliphatic carbocycles. The van der Waals surface area contributed by atoms with Gasteiger partial charge in [0.1, 0.15) is 23.6 Å². The van der Waals surface area contributed by atoms with Gasteiger partial charge in [0.05, 0.1) is 0 Å². The van der Waals surface area contributed by atoms with Gasteiger partial charge in [-0.25, -0.2) is 0 Å². The maximum absolute atomic E-state index is 8.74. The third-order valence-corrected chi connectivity index (χ3v) is 3.04. The Labute approximate surface area is 104 Å². The van der Waals surface area contributed by atoms with E-state index in [0.29, 0.717) is 29.0 Å². The largest absolute Gasteiger partial charge is 0.373 e. The molecule has 2 aromatic heterocycles. The second kappa shape index (κ2) is 4.27. The standard InChI is InChI=1S/C12H12N4O2/c1-17-10(7-2-3-7)11-15-12(18-16-11)9-5-4-8(6-13)14-9/h4-5,7,10,14H,2-3H2,1H3. The zero-order chi connectivity index (χ0) is 12.5. The van der Waals surface area contributed by atoms with Gasteiger partial charge in [-0.15, -0.1) is 0 Å². The molecule has 0 bridgehead atoms. The van der Waals surface area contributed by atoms with E-state index in [1.165, 1.54) is 0 Å². The molecule has 6 heteroatoms. The Balaban J connectivity index is 1.86. The third-order valence-electron chi connectivity index (χ3n) is 3.04. The molecule has 0 spiro atoms. The molecule has 0 amide bonds. The Morgan fingerprint density at radius 2 is 2.39 bits per heavy atom. The summed E-state index contributed by atoms with van der Waals surface area (Å²) in [6.07, 6.45) is 2.19. The first-order valence-electron chi connectivity index (χ1n) is 5.77. The fourth-order valence-corrected chi connectivity index (χ4v) is 1.95. The number of rotatable bonds is 4. The van der Waals surface area contributed by atoms with E-state index in [0.717, 1.165) is 12.8 Å². The molecule has 0 saturated heterocycles. The monoisotopic (exact) mass is 244 g/mol. The van der Waals surface area contributed by atoms with Crippen molar-refractivity contribution in [2.45, 2.75) is 18.9 Å². The van der Waals surface area contributed by atoms with Gasteiger partial charge in [-0.05, 0) is 30.9 Å². The van der Waals surface area contributed by atoms with Gasteiger partial charge in [0, 0.05) is 7.11 Å². The Morgan fingerprint density at radius 3 is 3.00 bits per heavy atom. The highest BCUT2D eigenvalue weighted by molar-refractivity contribution is 5.49. The number of methoxy groups -OCH3 is 1. The van der Waals surface area contributed by atoms with Crippen molar-refractivity contribution >= 4 is 0 Å². The van der Waals surface area contributed by atoms with Crippen LogP contribution in [0.1, 0.15) is 30.5 Å². The van der Waals surface area contributed by atoms with Gasteiger partial charge in [0.25, 0.3) is 5.89 Å². The van der Waals surface area contributed by atoms with Crippen molar-refractivity contribution in [2.75, 3.05) is 7.11 Å². The lowest BCUT2D eigenvalue weighted by Crippen LogP contribution is -2.05. The van der Waals surface area contributed by atoms with Crippen LogP contribution < -0.4 is 0 Å². The van der Waals surface area contributed by atoms with E-state index in [-0.39, 0.29) is 6.10 Å². The molecule has 1 saturated carbocycles. The summed E-state index contributed by atoms with van der Waals surface area (Å²) >= 11 is 0. The molecule has 2 aromatic rings. The minimum absolute atomic E-state index is 0.0899. The molecule has 1 atom stereocenters. The number of nitrogens with one attached hydrogen (secondary N) is 1. The second-order valence-electron chi connectivity index (χ2n) is 4.35. The van der Waals surface area contributed by atoms with Crippen molar-refractivity contribution in [3.63, 3.8) is 0 Å². The van der Waals surface area contributed by atoms with E-state index in [2.05, 4.69) is 15.1 Å². The normalized spacial score (nSPS) is 16.4. The van der Waals surface area contributed by atoms with Crippen LogP contribution in [0.15, 0.2) is 16.7 Å². The van der Waals surface area contributed by atoms with Crippen LogP contribution in [0.3, 0.4) is 0 Å². The van der Waals surface area contributed by atoms with Crippen molar-refractivity contribution in [1.29, 1.82) is 5.26 Å². The summed E-state index contributed by atoms with van der Waals surface area (Å²) in [6.45, 7) is 0. The van der Waals surface area contributed by atoms with Gasteiger partial charge in [0.15, 0.2) is 0 Å². The molecule has 1 aliphatic rings. The molecule has 1 unspecified atom stereocenters. The summed E-state index contributed by atoms with van der Waals surface area (Å²) in [5.74, 6) is 1.45. The molecule has 2 heterocycles. The van der Waals surface area contributed by atoms with Crippen LogP contribution in [-0.4, -0.2) is 22.2 Å². The minimum atomic E-state index is -0.0899. The average molecular weight is 244 g/mol. The van der Waals surface area contributed by atoms with E-state index in [4.69, 9.17) is 14.5 Å². The van der Waals surface area contributed by atoms with Gasteiger partial charge in [-0.2, -0.15) is 10.2 Å². The Morgan fingerprint density at radius 1 is 1.56 bits per heavy atom. The Kier molecular flexibility index (Phi) is 2.61. The summed E-state index contributed by atoms with van der Waals surface area (Å²) in [7, 11) is 1.65. The molecule has 1 fully saturated rings. The third kappa shape index (κ3) is 1.89. The van der Waals surface area contributed by atoms with Gasteiger partial charge in [-0.3, -0.25) is 0 Å². The van der Waals surface area contributed by atoms with Crippen LogP contribution in [0.2, 0.25) is 0 Å². The van der Waals surface area contributed by atoms with Gasteiger partial charge in [0.2, 0.25) is 5.82 Å². The molecule has 92 valence electrons. The van der Waals surface area contributed by atoms with E-state index in [1.54, 1.807) is 19.2 Å². The quantitative estimate of drug-likeness (QED) is 0.889. The van der Waals surface area contributed by atoms with Gasteiger partial charge < -0.3 is 14.2 Å².